The van der Waals surface area contributed by atoms with Crippen LogP contribution in [-0.2, 0) is 37.8 Å². The van der Waals surface area contributed by atoms with E-state index in [1.165, 1.54) is 4.90 Å². The first-order valence-corrected chi connectivity index (χ1v) is 9.06. The number of carbonyl (C=O) groups excluding carboxylic acids is 2. The van der Waals surface area contributed by atoms with E-state index in [0.29, 0.717) is 26.1 Å². The predicted octanol–water partition coefficient (Wildman–Crippen LogP) is 2.29. The maximum atomic E-state index is 12.9. The maximum Gasteiger partial charge on any atom is 0.327 e. The number of imide groups is 1. The fraction of sp³-hybridized carbons (Fsp3) is 0.474. The largest absolute Gasteiger partial charge is 0.327 e. The van der Waals surface area contributed by atoms with E-state index in [-0.39, 0.29) is 11.9 Å². The van der Waals surface area contributed by atoms with E-state index in [4.69, 9.17) is 0 Å². The first-order valence-electron chi connectivity index (χ1n) is 9.06. The van der Waals surface area contributed by atoms with Crippen molar-refractivity contribution in [2.75, 3.05) is 6.54 Å². The Morgan fingerprint density at radius 1 is 1.08 bits per heavy atom. The van der Waals surface area contributed by atoms with Gasteiger partial charge in [-0.05, 0) is 30.5 Å². The Labute approximate surface area is 153 Å². The fourth-order valence-electron chi connectivity index (χ4n) is 3.48. The van der Waals surface area contributed by atoms with Gasteiger partial charge in [-0.1, -0.05) is 13.8 Å². The van der Waals surface area contributed by atoms with Crippen LogP contribution in [0.2, 0.25) is 0 Å². The zero-order chi connectivity index (χ0) is 18.7. The van der Waals surface area contributed by atoms with Gasteiger partial charge in [0.05, 0.1) is 12.2 Å². The minimum Gasteiger partial charge on any atom is -0.319 e. The van der Waals surface area contributed by atoms with E-state index >= 15 is 0 Å². The Bertz CT molecular complexity index is 800. The van der Waals surface area contributed by atoms with Gasteiger partial charge in [0.1, 0.15) is 0 Å². The number of rotatable bonds is 6. The van der Waals surface area contributed by atoms with Gasteiger partial charge in [-0.25, -0.2) is 4.79 Å². The molecule has 3 amide bonds. The summed E-state index contributed by atoms with van der Waals surface area (Å²) in [6.07, 6.45) is 5.36. The number of carbonyl (C=O) groups is 2. The number of hydrogen-bond acceptors (Lipinski definition) is 4. The maximum absolute atomic E-state index is 12.9. The molecule has 0 N–H and O–H groups in total. The summed E-state index contributed by atoms with van der Waals surface area (Å²) in [6, 6.07) is 3.55. The molecular formula is C19H25N5O2. The van der Waals surface area contributed by atoms with Crippen molar-refractivity contribution in [3.8, 4) is 0 Å². The van der Waals surface area contributed by atoms with Gasteiger partial charge in [0.2, 0.25) is 5.91 Å². The van der Waals surface area contributed by atoms with Crippen molar-refractivity contribution < 1.29 is 9.59 Å². The number of pyridine rings is 1. The van der Waals surface area contributed by atoms with Crippen molar-refractivity contribution in [1.29, 1.82) is 0 Å². The van der Waals surface area contributed by atoms with E-state index < -0.39 is 0 Å². The lowest BCUT2D eigenvalue weighted by Crippen LogP contribution is -2.51. The minimum atomic E-state index is -0.231. The van der Waals surface area contributed by atoms with Gasteiger partial charge in [-0.2, -0.15) is 5.10 Å². The quantitative estimate of drug-likeness (QED) is 0.797. The van der Waals surface area contributed by atoms with Crippen molar-refractivity contribution >= 4 is 11.9 Å². The van der Waals surface area contributed by atoms with E-state index in [0.717, 1.165) is 35.4 Å². The number of aromatic nitrogens is 3. The monoisotopic (exact) mass is 355 g/mol. The Morgan fingerprint density at radius 3 is 2.46 bits per heavy atom. The smallest absolute Gasteiger partial charge is 0.319 e. The van der Waals surface area contributed by atoms with Gasteiger partial charge in [0, 0.05) is 50.2 Å². The normalized spacial score (nSPS) is 15.0. The number of hydrogen-bond donors (Lipinski definition) is 0. The molecule has 2 aromatic heterocycles. The fourth-order valence-corrected chi connectivity index (χ4v) is 3.48. The van der Waals surface area contributed by atoms with Crippen LogP contribution in [0.25, 0.3) is 0 Å². The molecule has 138 valence electrons. The SMILES string of the molecule is CCc1nn(C)c(CC)c1CN1C(=O)CCN(Cc2ccncc2)C1=O. The molecule has 26 heavy (non-hydrogen) atoms. The molecule has 0 aliphatic carbocycles. The van der Waals surface area contributed by atoms with Crippen LogP contribution in [0.3, 0.4) is 0 Å². The summed E-state index contributed by atoms with van der Waals surface area (Å²) in [5, 5.41) is 4.55. The molecule has 1 fully saturated rings. The lowest BCUT2D eigenvalue weighted by molar-refractivity contribution is -0.131. The Balaban J connectivity index is 1.82. The summed E-state index contributed by atoms with van der Waals surface area (Å²) in [7, 11) is 1.91. The number of nitrogens with zero attached hydrogens (tertiary/aromatic N) is 5. The molecule has 0 radical (unpaired) electrons. The Hall–Kier alpha value is -2.70. The van der Waals surface area contributed by atoms with Crippen molar-refractivity contribution in [2.45, 2.75) is 46.2 Å². The highest BCUT2D eigenvalue weighted by Gasteiger charge is 2.33. The highest BCUT2D eigenvalue weighted by atomic mass is 16.2. The molecule has 2 aromatic rings. The number of amides is 3. The summed E-state index contributed by atoms with van der Waals surface area (Å²) in [4.78, 5) is 32.5. The van der Waals surface area contributed by atoms with E-state index in [1.54, 1.807) is 17.3 Å². The molecule has 1 saturated heterocycles. The zero-order valence-corrected chi connectivity index (χ0v) is 15.6. The second kappa shape index (κ2) is 7.68. The van der Waals surface area contributed by atoms with Crippen LogP contribution in [0.1, 0.15) is 42.8 Å². The third-order valence-electron chi connectivity index (χ3n) is 4.86. The topological polar surface area (TPSA) is 71.3 Å². The molecular weight excluding hydrogens is 330 g/mol. The third-order valence-corrected chi connectivity index (χ3v) is 4.86. The zero-order valence-electron chi connectivity index (χ0n) is 15.6. The van der Waals surface area contributed by atoms with Gasteiger partial charge in [-0.3, -0.25) is 19.4 Å². The molecule has 0 unspecified atom stereocenters. The van der Waals surface area contributed by atoms with Crippen LogP contribution in [0.5, 0.6) is 0 Å². The summed E-state index contributed by atoms with van der Waals surface area (Å²) < 4.78 is 1.86. The molecule has 1 aliphatic rings. The van der Waals surface area contributed by atoms with Crippen molar-refractivity contribution in [2.24, 2.45) is 7.05 Å². The van der Waals surface area contributed by atoms with Crippen molar-refractivity contribution in [3.05, 3.63) is 47.0 Å². The standard InChI is InChI=1S/C19H25N5O2/c1-4-16-15(17(5-2)22(3)21-16)13-24-18(25)8-11-23(19(24)26)12-14-6-9-20-10-7-14/h6-7,9-10H,4-5,8,11-13H2,1-3H3. The van der Waals surface area contributed by atoms with Gasteiger partial charge in [0.25, 0.3) is 0 Å². The molecule has 0 spiro atoms. The lowest BCUT2D eigenvalue weighted by Gasteiger charge is -2.34. The first kappa shape index (κ1) is 18.1. The third kappa shape index (κ3) is 3.47. The average molecular weight is 355 g/mol. The molecule has 0 bridgehead atoms. The molecule has 3 heterocycles. The summed E-state index contributed by atoms with van der Waals surface area (Å²) in [5.41, 5.74) is 4.04. The van der Waals surface area contributed by atoms with Gasteiger partial charge < -0.3 is 4.90 Å². The van der Waals surface area contributed by atoms with Gasteiger partial charge in [0.15, 0.2) is 0 Å². The van der Waals surface area contributed by atoms with Crippen molar-refractivity contribution in [3.63, 3.8) is 0 Å². The van der Waals surface area contributed by atoms with Gasteiger partial charge in [-0.15, -0.1) is 0 Å². The molecule has 7 nitrogen and oxygen atoms in total. The Kier molecular flexibility index (Phi) is 5.35. The molecule has 0 saturated carbocycles. The van der Waals surface area contributed by atoms with Crippen LogP contribution in [0, 0.1) is 0 Å². The summed E-state index contributed by atoms with van der Waals surface area (Å²) >= 11 is 0. The number of urea groups is 1. The molecule has 0 atom stereocenters. The van der Waals surface area contributed by atoms with Crippen LogP contribution < -0.4 is 0 Å². The van der Waals surface area contributed by atoms with Crippen LogP contribution in [0.15, 0.2) is 24.5 Å². The Morgan fingerprint density at radius 2 is 1.81 bits per heavy atom. The molecule has 3 rings (SSSR count). The van der Waals surface area contributed by atoms with Gasteiger partial charge >= 0.3 is 6.03 Å². The van der Waals surface area contributed by atoms with Crippen LogP contribution in [0.4, 0.5) is 4.79 Å². The lowest BCUT2D eigenvalue weighted by atomic mass is 10.1. The van der Waals surface area contributed by atoms with E-state index in [2.05, 4.69) is 17.0 Å². The second-order valence-corrected chi connectivity index (χ2v) is 6.49. The first-order chi connectivity index (χ1) is 12.5. The highest BCUT2D eigenvalue weighted by Crippen LogP contribution is 2.22. The second-order valence-electron chi connectivity index (χ2n) is 6.49. The summed E-state index contributed by atoms with van der Waals surface area (Å²) in [6.45, 7) is 5.34. The number of aryl methyl sites for hydroxylation is 2. The average Bonchev–Trinajstić information content (AvgIpc) is 2.96. The van der Waals surface area contributed by atoms with E-state index in [1.807, 2.05) is 30.8 Å². The molecule has 1 aliphatic heterocycles. The minimum absolute atomic E-state index is 0.117. The molecule has 0 aromatic carbocycles. The van der Waals surface area contributed by atoms with Crippen molar-refractivity contribution in [1.82, 2.24) is 24.6 Å². The predicted molar refractivity (Wildman–Crippen MR) is 97.2 cm³/mol. The van der Waals surface area contributed by atoms with Crippen LogP contribution >= 0.6 is 0 Å². The summed E-state index contributed by atoms with van der Waals surface area (Å²) in [5.74, 6) is -0.117. The van der Waals surface area contributed by atoms with Crippen LogP contribution in [-0.4, -0.2) is 43.0 Å². The molecule has 7 heteroatoms. The van der Waals surface area contributed by atoms with E-state index in [9.17, 15) is 9.59 Å². The highest BCUT2D eigenvalue weighted by molar-refractivity contribution is 5.96.